The van der Waals surface area contributed by atoms with Crippen molar-refractivity contribution in [3.8, 4) is 11.4 Å². The molecule has 3 aromatic rings. The van der Waals surface area contributed by atoms with E-state index in [1.54, 1.807) is 19.1 Å². The van der Waals surface area contributed by atoms with Crippen LogP contribution in [-0.4, -0.2) is 28.8 Å². The summed E-state index contributed by atoms with van der Waals surface area (Å²) < 4.78 is 4.63. The predicted octanol–water partition coefficient (Wildman–Crippen LogP) is 4.34. The molecule has 0 aliphatic heterocycles. The minimum Gasteiger partial charge on any atom is -0.469 e. The van der Waals surface area contributed by atoms with E-state index in [-0.39, 0.29) is 30.6 Å². The number of hydrogen-bond acceptors (Lipinski definition) is 4. The first kappa shape index (κ1) is 19.7. The highest BCUT2D eigenvalue weighted by Gasteiger charge is 2.19. The van der Waals surface area contributed by atoms with Crippen LogP contribution in [0.1, 0.15) is 29.3 Å². The lowest BCUT2D eigenvalue weighted by atomic mass is 9.96. The van der Waals surface area contributed by atoms with Crippen LogP contribution in [0.15, 0.2) is 42.5 Å². The molecule has 5 nitrogen and oxygen atoms in total. The topological polar surface area (TPSA) is 72.1 Å². The number of fused-ring (bicyclic) bond motifs is 1. The van der Waals surface area contributed by atoms with Gasteiger partial charge in [-0.3, -0.25) is 9.59 Å². The molecule has 26 heavy (non-hydrogen) atoms. The summed E-state index contributed by atoms with van der Waals surface area (Å²) in [4.78, 5) is 31.7. The van der Waals surface area contributed by atoms with Gasteiger partial charge < -0.3 is 9.72 Å². The van der Waals surface area contributed by atoms with Gasteiger partial charge in [-0.15, -0.1) is 12.4 Å². The molecule has 1 aromatic heterocycles. The zero-order valence-corrected chi connectivity index (χ0v) is 15.7. The van der Waals surface area contributed by atoms with E-state index < -0.39 is 5.92 Å². The molecule has 1 heterocycles. The molecule has 136 valence electrons. The fraction of sp³-hybridized carbons (Fsp3) is 0.250. The molecule has 2 aromatic carbocycles. The molecule has 0 spiro atoms. The lowest BCUT2D eigenvalue weighted by Crippen LogP contribution is -2.16. The van der Waals surface area contributed by atoms with Gasteiger partial charge >= 0.3 is 5.97 Å². The number of aromatic amines is 1. The van der Waals surface area contributed by atoms with E-state index in [9.17, 15) is 9.59 Å². The number of halogens is 1. The fourth-order valence-corrected chi connectivity index (χ4v) is 2.72. The average Bonchev–Trinajstić information content (AvgIpc) is 3.04. The number of imidazole rings is 1. The number of nitrogens with one attached hydrogen (secondary N) is 1. The van der Waals surface area contributed by atoms with Gasteiger partial charge in [0.2, 0.25) is 0 Å². The molecule has 0 radical (unpaired) electrons. The number of H-pyrrole nitrogens is 1. The van der Waals surface area contributed by atoms with Crippen LogP contribution in [0.25, 0.3) is 22.4 Å². The highest BCUT2D eigenvalue weighted by atomic mass is 35.5. The Kier molecular flexibility index (Phi) is 6.16. The monoisotopic (exact) mass is 372 g/mol. The number of esters is 1. The molecule has 1 unspecified atom stereocenters. The van der Waals surface area contributed by atoms with Crippen molar-refractivity contribution in [1.82, 2.24) is 9.97 Å². The Morgan fingerprint density at radius 1 is 1.15 bits per heavy atom. The number of carbonyl (C=O) groups is 2. The molecular formula is C20H21ClN2O3. The smallest absolute Gasteiger partial charge is 0.306 e. The van der Waals surface area contributed by atoms with Gasteiger partial charge in [-0.2, -0.15) is 0 Å². The second kappa shape index (κ2) is 8.15. The van der Waals surface area contributed by atoms with Crippen molar-refractivity contribution in [1.29, 1.82) is 0 Å². The van der Waals surface area contributed by atoms with Gasteiger partial charge in [0.05, 0.1) is 24.6 Å². The maximum absolute atomic E-state index is 12.5. The van der Waals surface area contributed by atoms with E-state index in [1.165, 1.54) is 12.7 Å². The number of hydrogen-bond donors (Lipinski definition) is 1. The lowest BCUT2D eigenvalue weighted by molar-refractivity contribution is -0.141. The number of ether oxygens (including phenoxy) is 1. The number of ketones is 1. The van der Waals surface area contributed by atoms with Gasteiger partial charge in [-0.1, -0.05) is 36.8 Å². The van der Waals surface area contributed by atoms with Crippen molar-refractivity contribution in [3.63, 3.8) is 0 Å². The first-order valence-electron chi connectivity index (χ1n) is 8.16. The van der Waals surface area contributed by atoms with Crippen molar-refractivity contribution < 1.29 is 14.3 Å². The third-order valence-corrected chi connectivity index (χ3v) is 4.24. The van der Waals surface area contributed by atoms with Gasteiger partial charge in [0.25, 0.3) is 0 Å². The van der Waals surface area contributed by atoms with Crippen LogP contribution in [0.2, 0.25) is 0 Å². The van der Waals surface area contributed by atoms with Gasteiger partial charge in [0.1, 0.15) is 5.82 Å². The Morgan fingerprint density at radius 3 is 2.50 bits per heavy atom. The largest absolute Gasteiger partial charge is 0.469 e. The SMILES string of the molecule is COC(=O)CC(C)C(=O)c1ccc2nc(-c3ccc(C)cc3)[nH]c2c1.Cl. The molecule has 0 bridgehead atoms. The van der Waals surface area contributed by atoms with E-state index >= 15 is 0 Å². The zero-order chi connectivity index (χ0) is 18.0. The molecule has 0 aliphatic rings. The van der Waals surface area contributed by atoms with Crippen LogP contribution < -0.4 is 0 Å². The first-order chi connectivity index (χ1) is 12.0. The Labute approximate surface area is 158 Å². The summed E-state index contributed by atoms with van der Waals surface area (Å²) in [6, 6.07) is 13.4. The summed E-state index contributed by atoms with van der Waals surface area (Å²) in [5, 5.41) is 0. The molecule has 0 amide bonds. The molecule has 1 atom stereocenters. The molecule has 0 aliphatic carbocycles. The van der Waals surface area contributed by atoms with Gasteiger partial charge in [-0.25, -0.2) is 4.98 Å². The maximum Gasteiger partial charge on any atom is 0.306 e. The molecule has 6 heteroatoms. The molecule has 0 saturated carbocycles. The zero-order valence-electron chi connectivity index (χ0n) is 14.9. The number of benzene rings is 2. The van der Waals surface area contributed by atoms with E-state index in [0.29, 0.717) is 5.56 Å². The normalized spacial score (nSPS) is 11.7. The predicted molar refractivity (Wildman–Crippen MR) is 104 cm³/mol. The summed E-state index contributed by atoms with van der Waals surface area (Å²) in [6.45, 7) is 3.77. The van der Waals surface area contributed by atoms with Crippen LogP contribution in [0.3, 0.4) is 0 Å². The summed E-state index contributed by atoms with van der Waals surface area (Å²) in [7, 11) is 1.32. The molecule has 0 saturated heterocycles. The number of aromatic nitrogens is 2. The van der Waals surface area contributed by atoms with Crippen molar-refractivity contribution in [2.45, 2.75) is 20.3 Å². The number of rotatable bonds is 5. The third kappa shape index (κ3) is 4.11. The Balaban J connectivity index is 0.00000243. The van der Waals surface area contributed by atoms with E-state index in [2.05, 4.69) is 14.7 Å². The van der Waals surface area contributed by atoms with Crippen LogP contribution in [0.4, 0.5) is 0 Å². The summed E-state index contributed by atoms with van der Waals surface area (Å²) in [5.41, 5.74) is 4.34. The van der Waals surface area contributed by atoms with Gasteiger partial charge in [-0.05, 0) is 25.1 Å². The summed E-state index contributed by atoms with van der Waals surface area (Å²) in [6.07, 6.45) is 0.0744. The van der Waals surface area contributed by atoms with Crippen molar-refractivity contribution in [2.24, 2.45) is 5.92 Å². The number of Topliss-reactive ketones (excluding diaryl/α,β-unsaturated/α-hetero) is 1. The van der Waals surface area contributed by atoms with Crippen LogP contribution in [-0.2, 0) is 9.53 Å². The lowest BCUT2D eigenvalue weighted by Gasteiger charge is -2.08. The molecule has 0 fully saturated rings. The van der Waals surface area contributed by atoms with Crippen molar-refractivity contribution in [3.05, 3.63) is 53.6 Å². The minimum absolute atomic E-state index is 0. The second-order valence-electron chi connectivity index (χ2n) is 6.23. The van der Waals surface area contributed by atoms with Crippen LogP contribution >= 0.6 is 12.4 Å². The van der Waals surface area contributed by atoms with Gasteiger partial charge in [0, 0.05) is 17.0 Å². The van der Waals surface area contributed by atoms with Crippen molar-refractivity contribution in [2.75, 3.05) is 7.11 Å². The van der Waals surface area contributed by atoms with E-state index in [0.717, 1.165) is 22.4 Å². The Hall–Kier alpha value is -2.66. The first-order valence-corrected chi connectivity index (χ1v) is 8.16. The molecule has 1 N–H and O–H groups in total. The number of carbonyl (C=O) groups excluding carboxylic acids is 2. The van der Waals surface area contributed by atoms with Crippen molar-refractivity contribution >= 4 is 35.2 Å². The summed E-state index contributed by atoms with van der Waals surface area (Å²) in [5.74, 6) is -0.129. The van der Waals surface area contributed by atoms with E-state index in [1.807, 2.05) is 37.3 Å². The highest BCUT2D eigenvalue weighted by Crippen LogP contribution is 2.23. The average molecular weight is 373 g/mol. The van der Waals surface area contributed by atoms with Crippen LogP contribution in [0.5, 0.6) is 0 Å². The van der Waals surface area contributed by atoms with E-state index in [4.69, 9.17) is 0 Å². The maximum atomic E-state index is 12.5. The number of methoxy groups -OCH3 is 1. The minimum atomic E-state index is -0.426. The third-order valence-electron chi connectivity index (χ3n) is 4.24. The molecular weight excluding hydrogens is 352 g/mol. The van der Waals surface area contributed by atoms with Gasteiger partial charge in [0.15, 0.2) is 5.78 Å². The Morgan fingerprint density at radius 2 is 1.85 bits per heavy atom. The quantitative estimate of drug-likeness (QED) is 0.534. The second-order valence-corrected chi connectivity index (χ2v) is 6.23. The molecule has 3 rings (SSSR count). The van der Waals surface area contributed by atoms with Crippen LogP contribution in [0, 0.1) is 12.8 Å². The number of nitrogens with zero attached hydrogens (tertiary/aromatic N) is 1. The summed E-state index contributed by atoms with van der Waals surface area (Å²) >= 11 is 0. The standard InChI is InChI=1S/C20H20N2O3.ClH/c1-12-4-6-14(7-5-12)20-21-16-9-8-15(11-17(16)22-20)19(24)13(2)10-18(23)25-3;/h4-9,11,13H,10H2,1-3H3,(H,21,22);1H. The highest BCUT2D eigenvalue weighted by molar-refractivity contribution is 6.01. The fourth-order valence-electron chi connectivity index (χ4n) is 2.72. The Bertz CT molecular complexity index is 932. The number of aryl methyl sites for hydroxylation is 1.